The zero-order chi connectivity index (χ0) is 16.7. The predicted octanol–water partition coefficient (Wildman–Crippen LogP) is 2.84. The molecule has 1 aliphatic heterocycles. The van der Waals surface area contributed by atoms with Crippen LogP contribution in [0.5, 0.6) is 17.4 Å². The number of carbonyl (C=O) groups excluding carboxylic acids is 1. The molecule has 0 amide bonds. The quantitative estimate of drug-likeness (QED) is 0.374. The van der Waals surface area contributed by atoms with Crippen molar-refractivity contribution in [1.82, 2.24) is 9.78 Å². The van der Waals surface area contributed by atoms with E-state index in [1.54, 1.807) is 32.2 Å². The Kier molecular flexibility index (Phi) is 3.51. The SMILES string of the molecule is Cc1nn(C)c(Oc2ccc3c(c2)OC(=O)CC3C)c1[N+](=O)[O-]. The molecular weight excluding hydrogens is 302 g/mol. The summed E-state index contributed by atoms with van der Waals surface area (Å²) in [5, 5.41) is 15.2. The second-order valence-electron chi connectivity index (χ2n) is 5.50. The molecule has 3 rings (SSSR count). The van der Waals surface area contributed by atoms with Crippen molar-refractivity contribution in [2.24, 2.45) is 7.05 Å². The molecule has 120 valence electrons. The molecule has 2 heterocycles. The minimum absolute atomic E-state index is 0.0302. The van der Waals surface area contributed by atoms with Crippen molar-refractivity contribution in [3.05, 3.63) is 39.6 Å². The Hall–Kier alpha value is -2.90. The van der Waals surface area contributed by atoms with Gasteiger partial charge in [-0.3, -0.25) is 14.9 Å². The number of benzene rings is 1. The van der Waals surface area contributed by atoms with Crippen LogP contribution < -0.4 is 9.47 Å². The van der Waals surface area contributed by atoms with Crippen LogP contribution in [-0.2, 0) is 11.8 Å². The highest BCUT2D eigenvalue weighted by Gasteiger charge is 2.28. The van der Waals surface area contributed by atoms with Crippen LogP contribution in [0.3, 0.4) is 0 Å². The van der Waals surface area contributed by atoms with E-state index in [1.807, 2.05) is 6.92 Å². The minimum Gasteiger partial charge on any atom is -0.434 e. The Balaban J connectivity index is 1.98. The van der Waals surface area contributed by atoms with Gasteiger partial charge in [0, 0.05) is 13.1 Å². The van der Waals surface area contributed by atoms with Gasteiger partial charge in [-0.1, -0.05) is 13.0 Å². The topological polar surface area (TPSA) is 96.5 Å². The average Bonchev–Trinajstić information content (AvgIpc) is 2.72. The average molecular weight is 317 g/mol. The highest BCUT2D eigenvalue weighted by molar-refractivity contribution is 5.76. The van der Waals surface area contributed by atoms with E-state index in [0.717, 1.165) is 5.56 Å². The number of esters is 1. The monoisotopic (exact) mass is 317 g/mol. The van der Waals surface area contributed by atoms with Gasteiger partial charge in [0.05, 0.1) is 11.3 Å². The summed E-state index contributed by atoms with van der Waals surface area (Å²) in [6, 6.07) is 5.06. The number of fused-ring (bicyclic) bond motifs is 1. The lowest BCUT2D eigenvalue weighted by Gasteiger charge is -2.21. The molecule has 2 aromatic rings. The van der Waals surface area contributed by atoms with Gasteiger partial charge in [0.2, 0.25) is 0 Å². The fourth-order valence-electron chi connectivity index (χ4n) is 2.66. The molecule has 0 bridgehead atoms. The third-order valence-electron chi connectivity index (χ3n) is 3.75. The third kappa shape index (κ3) is 2.63. The van der Waals surface area contributed by atoms with E-state index in [9.17, 15) is 14.9 Å². The number of nitrogens with zero attached hydrogens (tertiary/aromatic N) is 3. The van der Waals surface area contributed by atoms with E-state index in [1.165, 1.54) is 4.68 Å². The highest BCUT2D eigenvalue weighted by atomic mass is 16.6. The maximum atomic E-state index is 11.5. The van der Waals surface area contributed by atoms with Crippen molar-refractivity contribution >= 4 is 11.7 Å². The second-order valence-corrected chi connectivity index (χ2v) is 5.50. The molecule has 23 heavy (non-hydrogen) atoms. The zero-order valence-corrected chi connectivity index (χ0v) is 12.9. The van der Waals surface area contributed by atoms with Crippen molar-refractivity contribution in [3.8, 4) is 17.4 Å². The summed E-state index contributed by atoms with van der Waals surface area (Å²) in [5.41, 5.74) is 0.994. The number of rotatable bonds is 3. The second kappa shape index (κ2) is 5.38. The fourth-order valence-corrected chi connectivity index (χ4v) is 2.66. The molecule has 1 aliphatic rings. The molecule has 0 saturated heterocycles. The van der Waals surface area contributed by atoms with E-state index in [2.05, 4.69) is 5.10 Å². The molecular formula is C15H15N3O5. The summed E-state index contributed by atoms with van der Waals surface area (Å²) in [6.45, 7) is 3.48. The van der Waals surface area contributed by atoms with E-state index in [0.29, 0.717) is 17.9 Å². The van der Waals surface area contributed by atoms with Crippen molar-refractivity contribution in [2.75, 3.05) is 0 Å². The van der Waals surface area contributed by atoms with E-state index < -0.39 is 4.92 Å². The van der Waals surface area contributed by atoms with E-state index >= 15 is 0 Å². The first-order valence-electron chi connectivity index (χ1n) is 7.07. The molecule has 1 aromatic carbocycles. The van der Waals surface area contributed by atoms with Gasteiger partial charge >= 0.3 is 11.7 Å². The van der Waals surface area contributed by atoms with Crippen molar-refractivity contribution in [3.63, 3.8) is 0 Å². The summed E-state index contributed by atoms with van der Waals surface area (Å²) in [5.74, 6) is 0.560. The number of aryl methyl sites for hydroxylation is 2. The number of aromatic nitrogens is 2. The molecule has 1 unspecified atom stereocenters. The van der Waals surface area contributed by atoms with Gasteiger partial charge in [-0.15, -0.1) is 0 Å². The smallest absolute Gasteiger partial charge is 0.353 e. The van der Waals surface area contributed by atoms with Gasteiger partial charge in [0.15, 0.2) is 0 Å². The lowest BCUT2D eigenvalue weighted by Crippen LogP contribution is -2.18. The molecule has 0 N–H and O–H groups in total. The van der Waals surface area contributed by atoms with Gasteiger partial charge in [-0.25, -0.2) is 4.68 Å². The standard InChI is InChI=1S/C15H15N3O5/c1-8-6-13(19)23-12-7-10(4-5-11(8)12)22-15-14(18(20)21)9(2)16-17(15)3/h4-5,7-8H,6H2,1-3H3. The van der Waals surface area contributed by atoms with Crippen LogP contribution in [0.4, 0.5) is 5.69 Å². The van der Waals surface area contributed by atoms with E-state index in [-0.39, 0.29) is 29.1 Å². The first-order valence-corrected chi connectivity index (χ1v) is 7.07. The van der Waals surface area contributed by atoms with Crippen LogP contribution >= 0.6 is 0 Å². The van der Waals surface area contributed by atoms with Crippen LogP contribution in [0.15, 0.2) is 18.2 Å². The van der Waals surface area contributed by atoms with E-state index in [4.69, 9.17) is 9.47 Å². The van der Waals surface area contributed by atoms with Crippen molar-refractivity contribution in [1.29, 1.82) is 0 Å². The van der Waals surface area contributed by atoms with Crippen LogP contribution in [0, 0.1) is 17.0 Å². The van der Waals surface area contributed by atoms with Crippen molar-refractivity contribution in [2.45, 2.75) is 26.2 Å². The molecule has 0 aliphatic carbocycles. The van der Waals surface area contributed by atoms with Gasteiger partial charge < -0.3 is 9.47 Å². The summed E-state index contributed by atoms with van der Waals surface area (Å²) in [7, 11) is 1.57. The molecule has 1 atom stereocenters. The lowest BCUT2D eigenvalue weighted by atomic mass is 9.95. The first-order chi connectivity index (χ1) is 10.9. The Morgan fingerprint density at radius 3 is 2.91 bits per heavy atom. The predicted molar refractivity (Wildman–Crippen MR) is 79.8 cm³/mol. The van der Waals surface area contributed by atoms with Crippen LogP contribution in [-0.4, -0.2) is 20.7 Å². The largest absolute Gasteiger partial charge is 0.434 e. The molecule has 8 heteroatoms. The van der Waals surface area contributed by atoms with Gasteiger partial charge in [-0.2, -0.15) is 5.10 Å². The molecule has 1 aromatic heterocycles. The number of nitro groups is 1. The normalized spacial score (nSPS) is 16.7. The fraction of sp³-hybridized carbons (Fsp3) is 0.333. The Morgan fingerprint density at radius 2 is 2.22 bits per heavy atom. The lowest BCUT2D eigenvalue weighted by molar-refractivity contribution is -0.386. The number of carbonyl (C=O) groups is 1. The minimum atomic E-state index is -0.530. The van der Waals surface area contributed by atoms with Crippen LogP contribution in [0.2, 0.25) is 0 Å². The van der Waals surface area contributed by atoms with Gasteiger partial charge in [0.25, 0.3) is 5.88 Å². The van der Waals surface area contributed by atoms with Crippen LogP contribution in [0.25, 0.3) is 0 Å². The Bertz CT molecular complexity index is 812. The summed E-state index contributed by atoms with van der Waals surface area (Å²) in [4.78, 5) is 22.2. The van der Waals surface area contributed by atoms with Gasteiger partial charge in [0.1, 0.15) is 17.2 Å². The molecule has 0 spiro atoms. The molecule has 8 nitrogen and oxygen atoms in total. The number of hydrogen-bond donors (Lipinski definition) is 0. The zero-order valence-electron chi connectivity index (χ0n) is 12.9. The highest BCUT2D eigenvalue weighted by Crippen LogP contribution is 2.39. The number of ether oxygens (including phenoxy) is 2. The number of hydrogen-bond acceptors (Lipinski definition) is 6. The molecule has 0 fully saturated rings. The van der Waals surface area contributed by atoms with Gasteiger partial charge in [-0.05, 0) is 24.5 Å². The van der Waals surface area contributed by atoms with Crippen LogP contribution in [0.1, 0.15) is 30.5 Å². The summed E-state index contributed by atoms with van der Waals surface area (Å²) < 4.78 is 12.2. The summed E-state index contributed by atoms with van der Waals surface area (Å²) >= 11 is 0. The Labute approximate surface area is 131 Å². The Morgan fingerprint density at radius 1 is 1.48 bits per heavy atom. The first kappa shape index (κ1) is 15.0. The maximum absolute atomic E-state index is 11.5. The maximum Gasteiger partial charge on any atom is 0.353 e. The summed E-state index contributed by atoms with van der Waals surface area (Å²) in [6.07, 6.45) is 0.333. The van der Waals surface area contributed by atoms with Crippen molar-refractivity contribution < 1.29 is 19.2 Å². The molecule has 0 saturated carbocycles. The molecule has 0 radical (unpaired) electrons. The third-order valence-corrected chi connectivity index (χ3v) is 3.75.